The third-order valence-corrected chi connectivity index (χ3v) is 3.02. The summed E-state index contributed by atoms with van der Waals surface area (Å²) in [5.41, 5.74) is 1.78. The van der Waals surface area contributed by atoms with E-state index in [4.69, 9.17) is 0 Å². The van der Waals surface area contributed by atoms with E-state index >= 15 is 0 Å². The predicted octanol–water partition coefficient (Wildman–Crippen LogP) is 2.36. The Kier molecular flexibility index (Phi) is 2.89. The Bertz CT molecular complexity index is 364. The summed E-state index contributed by atoms with van der Waals surface area (Å²) < 4.78 is 1.74. The van der Waals surface area contributed by atoms with Crippen molar-refractivity contribution in [1.29, 1.82) is 0 Å². The van der Waals surface area contributed by atoms with Gasteiger partial charge in [-0.3, -0.25) is 9.48 Å². The van der Waals surface area contributed by atoms with Crippen LogP contribution in [0.15, 0.2) is 6.20 Å². The third-order valence-electron chi connectivity index (χ3n) is 3.02. The van der Waals surface area contributed by atoms with Crippen LogP contribution >= 0.6 is 0 Å². The second-order valence-electron chi connectivity index (χ2n) is 4.42. The highest BCUT2D eigenvalue weighted by molar-refractivity contribution is 5.96. The fraction of sp³-hybridized carbons (Fsp3) is 0.667. The van der Waals surface area contributed by atoms with E-state index in [9.17, 15) is 4.79 Å². The molecule has 0 atom stereocenters. The van der Waals surface area contributed by atoms with Crippen LogP contribution in [0.3, 0.4) is 0 Å². The molecule has 3 nitrogen and oxygen atoms in total. The Labute approximate surface area is 90.5 Å². The lowest BCUT2D eigenvalue weighted by Gasteiger charge is -1.98. The van der Waals surface area contributed by atoms with Gasteiger partial charge in [-0.1, -0.05) is 19.8 Å². The van der Waals surface area contributed by atoms with Gasteiger partial charge in [0.2, 0.25) is 0 Å². The standard InChI is InChI=1S/C12H18N2O/c1-3-11-10(8-14(2)13-11)12(15)7-6-9-4-5-9/h8-9H,3-7H2,1-2H3. The molecule has 1 aromatic heterocycles. The molecule has 1 fully saturated rings. The number of aryl methyl sites for hydroxylation is 2. The van der Waals surface area contributed by atoms with Gasteiger partial charge in [0.1, 0.15) is 0 Å². The molecule has 0 aromatic carbocycles. The number of hydrogen-bond acceptors (Lipinski definition) is 2. The summed E-state index contributed by atoms with van der Waals surface area (Å²) in [6, 6.07) is 0. The van der Waals surface area contributed by atoms with Crippen molar-refractivity contribution in [1.82, 2.24) is 9.78 Å². The van der Waals surface area contributed by atoms with Crippen LogP contribution < -0.4 is 0 Å². The minimum Gasteiger partial charge on any atom is -0.294 e. The Balaban J connectivity index is 2.02. The first kappa shape index (κ1) is 10.4. The molecule has 0 spiro atoms. The summed E-state index contributed by atoms with van der Waals surface area (Å²) in [4.78, 5) is 11.9. The highest BCUT2D eigenvalue weighted by Crippen LogP contribution is 2.33. The smallest absolute Gasteiger partial charge is 0.166 e. The molecular formula is C12H18N2O. The molecule has 1 aliphatic rings. The zero-order chi connectivity index (χ0) is 10.8. The molecule has 0 amide bonds. The minimum atomic E-state index is 0.270. The second kappa shape index (κ2) is 4.17. The third kappa shape index (κ3) is 2.46. The number of carbonyl (C=O) groups is 1. The van der Waals surface area contributed by atoms with Gasteiger partial charge < -0.3 is 0 Å². The molecule has 0 saturated heterocycles. The zero-order valence-corrected chi connectivity index (χ0v) is 9.49. The van der Waals surface area contributed by atoms with Crippen molar-refractivity contribution in [2.75, 3.05) is 0 Å². The first-order valence-electron chi connectivity index (χ1n) is 5.76. The molecule has 2 rings (SSSR count). The molecule has 0 aliphatic heterocycles. The maximum atomic E-state index is 11.9. The van der Waals surface area contributed by atoms with Crippen LogP contribution in [-0.4, -0.2) is 15.6 Å². The fourth-order valence-corrected chi connectivity index (χ4v) is 1.90. The number of hydrogen-bond donors (Lipinski definition) is 0. The Morgan fingerprint density at radius 1 is 1.60 bits per heavy atom. The largest absolute Gasteiger partial charge is 0.294 e. The summed E-state index contributed by atoms with van der Waals surface area (Å²) in [5, 5.41) is 4.29. The Morgan fingerprint density at radius 3 is 2.93 bits per heavy atom. The van der Waals surface area contributed by atoms with Gasteiger partial charge in [0.25, 0.3) is 0 Å². The second-order valence-corrected chi connectivity index (χ2v) is 4.42. The van der Waals surface area contributed by atoms with Crippen LogP contribution in [0.25, 0.3) is 0 Å². The van der Waals surface area contributed by atoms with Crippen molar-refractivity contribution in [3.05, 3.63) is 17.5 Å². The molecule has 0 bridgehead atoms. The van der Waals surface area contributed by atoms with Gasteiger partial charge in [-0.05, 0) is 18.8 Å². The van der Waals surface area contributed by atoms with Crippen LogP contribution in [0.1, 0.15) is 48.7 Å². The number of Topliss-reactive ketones (excluding diaryl/α,β-unsaturated/α-hetero) is 1. The van der Waals surface area contributed by atoms with Gasteiger partial charge in [-0.25, -0.2) is 0 Å². The number of nitrogens with zero attached hydrogens (tertiary/aromatic N) is 2. The van der Waals surface area contributed by atoms with E-state index in [-0.39, 0.29) is 5.78 Å². The Morgan fingerprint density at radius 2 is 2.33 bits per heavy atom. The zero-order valence-electron chi connectivity index (χ0n) is 9.49. The highest BCUT2D eigenvalue weighted by atomic mass is 16.1. The molecule has 1 heterocycles. The lowest BCUT2D eigenvalue weighted by Crippen LogP contribution is -2.01. The quantitative estimate of drug-likeness (QED) is 0.693. The first-order chi connectivity index (χ1) is 7.20. The van der Waals surface area contributed by atoms with Crippen LogP contribution in [0.2, 0.25) is 0 Å². The lowest BCUT2D eigenvalue weighted by atomic mass is 10.0. The van der Waals surface area contributed by atoms with E-state index in [2.05, 4.69) is 5.10 Å². The number of carbonyl (C=O) groups excluding carboxylic acids is 1. The topological polar surface area (TPSA) is 34.9 Å². The summed E-state index contributed by atoms with van der Waals surface area (Å²) in [6.45, 7) is 2.04. The first-order valence-corrected chi connectivity index (χ1v) is 5.76. The average molecular weight is 206 g/mol. The van der Waals surface area contributed by atoms with Crippen molar-refractivity contribution >= 4 is 5.78 Å². The molecule has 3 heteroatoms. The van der Waals surface area contributed by atoms with E-state index < -0.39 is 0 Å². The van der Waals surface area contributed by atoms with E-state index in [1.165, 1.54) is 12.8 Å². The molecule has 1 saturated carbocycles. The number of rotatable bonds is 5. The van der Waals surface area contributed by atoms with E-state index in [1.54, 1.807) is 4.68 Å². The van der Waals surface area contributed by atoms with Gasteiger partial charge in [0.15, 0.2) is 5.78 Å². The van der Waals surface area contributed by atoms with Crippen LogP contribution in [0, 0.1) is 5.92 Å². The maximum absolute atomic E-state index is 11.9. The SMILES string of the molecule is CCc1nn(C)cc1C(=O)CCC1CC1. The van der Waals surface area contributed by atoms with Crippen LogP contribution in [0.5, 0.6) is 0 Å². The average Bonchev–Trinajstić information content (AvgIpc) is 2.97. The van der Waals surface area contributed by atoms with Crippen molar-refractivity contribution in [2.24, 2.45) is 13.0 Å². The van der Waals surface area contributed by atoms with Crippen molar-refractivity contribution in [3.8, 4) is 0 Å². The maximum Gasteiger partial charge on any atom is 0.166 e. The summed E-state index contributed by atoms with van der Waals surface area (Å²) in [5.74, 6) is 1.10. The lowest BCUT2D eigenvalue weighted by molar-refractivity contribution is 0.0977. The van der Waals surface area contributed by atoms with Gasteiger partial charge in [0, 0.05) is 19.7 Å². The van der Waals surface area contributed by atoms with Gasteiger partial charge >= 0.3 is 0 Å². The van der Waals surface area contributed by atoms with Gasteiger partial charge in [-0.15, -0.1) is 0 Å². The van der Waals surface area contributed by atoms with E-state index in [1.807, 2.05) is 20.2 Å². The molecule has 1 aliphatic carbocycles. The summed E-state index contributed by atoms with van der Waals surface area (Å²) in [6.07, 6.45) is 7.10. The van der Waals surface area contributed by atoms with E-state index in [0.717, 1.165) is 30.0 Å². The molecule has 0 radical (unpaired) electrons. The molecule has 15 heavy (non-hydrogen) atoms. The summed E-state index contributed by atoms with van der Waals surface area (Å²) >= 11 is 0. The number of aromatic nitrogens is 2. The molecule has 0 unspecified atom stereocenters. The van der Waals surface area contributed by atoms with Crippen LogP contribution in [-0.2, 0) is 13.5 Å². The van der Waals surface area contributed by atoms with Gasteiger partial charge in [-0.2, -0.15) is 5.10 Å². The number of ketones is 1. The normalized spacial score (nSPS) is 15.6. The fourth-order valence-electron chi connectivity index (χ4n) is 1.90. The molecule has 0 N–H and O–H groups in total. The van der Waals surface area contributed by atoms with Gasteiger partial charge in [0.05, 0.1) is 11.3 Å². The molecule has 1 aromatic rings. The highest BCUT2D eigenvalue weighted by Gasteiger charge is 2.23. The summed E-state index contributed by atoms with van der Waals surface area (Å²) in [7, 11) is 1.87. The Hall–Kier alpha value is -1.12. The van der Waals surface area contributed by atoms with Crippen molar-refractivity contribution in [3.63, 3.8) is 0 Å². The molecular weight excluding hydrogens is 188 g/mol. The van der Waals surface area contributed by atoms with Crippen molar-refractivity contribution < 1.29 is 4.79 Å². The van der Waals surface area contributed by atoms with E-state index in [0.29, 0.717) is 6.42 Å². The monoisotopic (exact) mass is 206 g/mol. The van der Waals surface area contributed by atoms with Crippen LogP contribution in [0.4, 0.5) is 0 Å². The molecule has 82 valence electrons. The van der Waals surface area contributed by atoms with Crippen molar-refractivity contribution in [2.45, 2.75) is 39.0 Å². The minimum absolute atomic E-state index is 0.270. The predicted molar refractivity (Wildman–Crippen MR) is 58.9 cm³/mol.